The molecule has 0 aromatic carbocycles. The minimum absolute atomic E-state index is 0.157. The van der Waals surface area contributed by atoms with Gasteiger partial charge in [0, 0.05) is 13.2 Å². The average molecular weight is 403 g/mol. The van der Waals surface area contributed by atoms with Crippen LogP contribution < -0.4 is 5.32 Å². The minimum atomic E-state index is -1.42. The van der Waals surface area contributed by atoms with Gasteiger partial charge in [-0.3, -0.25) is 0 Å². The van der Waals surface area contributed by atoms with E-state index >= 15 is 0 Å². The predicted molar refractivity (Wildman–Crippen MR) is 95.3 cm³/mol. The molecule has 0 radical (unpaired) electrons. The van der Waals surface area contributed by atoms with Gasteiger partial charge in [-0.25, -0.2) is 19.2 Å². The number of amides is 1. The Balaban J connectivity index is 2.92. The highest BCUT2D eigenvalue weighted by Crippen LogP contribution is 2.37. The molecule has 1 aliphatic rings. The van der Waals surface area contributed by atoms with E-state index in [0.717, 1.165) is 7.11 Å². The van der Waals surface area contributed by atoms with E-state index in [-0.39, 0.29) is 18.9 Å². The van der Waals surface area contributed by atoms with Crippen LogP contribution in [0.1, 0.15) is 46.5 Å². The van der Waals surface area contributed by atoms with Crippen LogP contribution in [0.2, 0.25) is 0 Å². The predicted octanol–water partition coefficient (Wildman–Crippen LogP) is 1.10. The van der Waals surface area contributed by atoms with E-state index in [1.54, 1.807) is 20.8 Å². The van der Waals surface area contributed by atoms with Gasteiger partial charge in [-0.15, -0.1) is 0 Å². The van der Waals surface area contributed by atoms with Gasteiger partial charge in [-0.1, -0.05) is 0 Å². The molecular weight excluding hydrogens is 374 g/mol. The van der Waals surface area contributed by atoms with Crippen molar-refractivity contribution in [2.45, 2.75) is 69.8 Å². The van der Waals surface area contributed by atoms with Crippen LogP contribution in [0.25, 0.3) is 0 Å². The lowest BCUT2D eigenvalue weighted by Gasteiger charge is -2.42. The minimum Gasteiger partial charge on any atom is -0.467 e. The highest BCUT2D eigenvalue weighted by molar-refractivity contribution is 6.29. The third kappa shape index (κ3) is 6.36. The second kappa shape index (κ2) is 9.72. The fraction of sp³-hybridized carbons (Fsp3) is 0.778. The zero-order valence-corrected chi connectivity index (χ0v) is 17.2. The van der Waals surface area contributed by atoms with Crippen LogP contribution in [-0.2, 0) is 38.1 Å². The van der Waals surface area contributed by atoms with Crippen molar-refractivity contribution >= 4 is 24.0 Å². The molecule has 1 aliphatic carbocycles. The molecule has 0 spiro atoms. The summed E-state index contributed by atoms with van der Waals surface area (Å²) < 4.78 is 24.9. The smallest absolute Gasteiger partial charge is 0.418 e. The van der Waals surface area contributed by atoms with Gasteiger partial charge < -0.3 is 29.0 Å². The summed E-state index contributed by atoms with van der Waals surface area (Å²) >= 11 is 0. The Labute approximate surface area is 164 Å². The number of nitrogens with one attached hydrogen (secondary N) is 1. The fourth-order valence-corrected chi connectivity index (χ4v) is 3.09. The number of alkyl carbamates (subject to hydrolysis) is 1. The zero-order valence-electron chi connectivity index (χ0n) is 17.2. The van der Waals surface area contributed by atoms with E-state index in [4.69, 9.17) is 18.9 Å². The van der Waals surface area contributed by atoms with Crippen LogP contribution in [0.15, 0.2) is 0 Å². The quantitative estimate of drug-likeness (QED) is 0.408. The standard InChI is InChI=1S/C18H29NO9/c1-17(2,3)28-16(23)19-11-7-9-18(10-8-11,12(24-4)13(20)25-5)27-15(22)14(21)26-6/h11-12H,7-10H2,1-6H3,(H,19,23). The highest BCUT2D eigenvalue weighted by atomic mass is 16.6. The van der Waals surface area contributed by atoms with Crippen molar-refractivity contribution in [2.75, 3.05) is 21.3 Å². The van der Waals surface area contributed by atoms with Crippen LogP contribution in [0, 0.1) is 0 Å². The first-order chi connectivity index (χ1) is 13.0. The van der Waals surface area contributed by atoms with E-state index < -0.39 is 41.3 Å². The number of methoxy groups -OCH3 is 3. The molecule has 1 fully saturated rings. The van der Waals surface area contributed by atoms with Crippen molar-refractivity contribution in [3.05, 3.63) is 0 Å². The Morgan fingerprint density at radius 2 is 1.54 bits per heavy atom. The SMILES string of the molecule is COC(=O)C(=O)OC1(C(OC)C(=O)OC)CCC(NC(=O)OC(C)(C)C)CC1. The summed E-state index contributed by atoms with van der Waals surface area (Å²) in [5.41, 5.74) is -2.05. The molecule has 0 aromatic rings. The maximum Gasteiger partial charge on any atom is 0.418 e. The number of esters is 3. The van der Waals surface area contributed by atoms with Crippen LogP contribution in [0.4, 0.5) is 4.79 Å². The molecule has 1 saturated carbocycles. The third-order valence-corrected chi connectivity index (χ3v) is 4.33. The van der Waals surface area contributed by atoms with Crippen LogP contribution in [0.3, 0.4) is 0 Å². The lowest BCUT2D eigenvalue weighted by atomic mass is 9.78. The van der Waals surface area contributed by atoms with Crippen molar-refractivity contribution in [1.82, 2.24) is 5.32 Å². The molecule has 10 nitrogen and oxygen atoms in total. The molecule has 0 saturated heterocycles. The molecule has 1 rings (SSSR count). The van der Waals surface area contributed by atoms with Gasteiger partial charge in [0.1, 0.15) is 11.2 Å². The summed E-state index contributed by atoms with van der Waals surface area (Å²) in [4.78, 5) is 47.6. The molecule has 1 atom stereocenters. The molecule has 10 heteroatoms. The van der Waals surface area contributed by atoms with E-state index in [9.17, 15) is 19.2 Å². The molecule has 0 heterocycles. The second-order valence-corrected chi connectivity index (χ2v) is 7.51. The number of ether oxygens (including phenoxy) is 5. The van der Waals surface area contributed by atoms with E-state index in [1.165, 1.54) is 14.2 Å². The van der Waals surface area contributed by atoms with Gasteiger partial charge in [-0.05, 0) is 46.5 Å². The number of hydrogen-bond donors (Lipinski definition) is 1. The highest BCUT2D eigenvalue weighted by Gasteiger charge is 2.51. The van der Waals surface area contributed by atoms with Crippen LogP contribution in [0.5, 0.6) is 0 Å². The average Bonchev–Trinajstić information content (AvgIpc) is 2.61. The summed E-state index contributed by atoms with van der Waals surface area (Å²) in [5.74, 6) is -3.15. The van der Waals surface area contributed by atoms with Gasteiger partial charge in [0.05, 0.1) is 14.2 Å². The van der Waals surface area contributed by atoms with Gasteiger partial charge in [0.15, 0.2) is 6.10 Å². The normalized spacial score (nSPS) is 23.1. The molecular formula is C18H29NO9. The van der Waals surface area contributed by atoms with Gasteiger partial charge in [0.2, 0.25) is 0 Å². The Kier molecular flexibility index (Phi) is 8.22. The maximum absolute atomic E-state index is 12.1. The van der Waals surface area contributed by atoms with Gasteiger partial charge in [-0.2, -0.15) is 0 Å². The summed E-state index contributed by atoms with van der Waals surface area (Å²) in [6, 6.07) is -0.255. The largest absolute Gasteiger partial charge is 0.467 e. The summed E-state index contributed by atoms with van der Waals surface area (Å²) in [6.07, 6.45) is -0.746. The van der Waals surface area contributed by atoms with Crippen LogP contribution >= 0.6 is 0 Å². The summed E-state index contributed by atoms with van der Waals surface area (Å²) in [6.45, 7) is 5.26. The first kappa shape index (κ1) is 23.7. The molecule has 0 aliphatic heterocycles. The Morgan fingerprint density at radius 3 is 1.96 bits per heavy atom. The van der Waals surface area contributed by atoms with Crippen molar-refractivity contribution < 1.29 is 42.9 Å². The topological polar surface area (TPSA) is 126 Å². The van der Waals surface area contributed by atoms with Gasteiger partial charge >= 0.3 is 24.0 Å². The molecule has 0 bridgehead atoms. The van der Waals surface area contributed by atoms with Gasteiger partial charge in [0.25, 0.3) is 0 Å². The Bertz CT molecular complexity index is 588. The third-order valence-electron chi connectivity index (χ3n) is 4.33. The first-order valence-corrected chi connectivity index (χ1v) is 8.89. The van der Waals surface area contributed by atoms with E-state index in [2.05, 4.69) is 10.1 Å². The summed E-state index contributed by atoms with van der Waals surface area (Å²) in [5, 5.41) is 2.75. The number of hydrogen-bond acceptors (Lipinski definition) is 9. The van der Waals surface area contributed by atoms with Crippen LogP contribution in [-0.4, -0.2) is 68.7 Å². The zero-order chi connectivity index (χ0) is 21.5. The Morgan fingerprint density at radius 1 is 0.964 bits per heavy atom. The van der Waals surface area contributed by atoms with E-state index in [1.807, 2.05) is 0 Å². The molecule has 160 valence electrons. The Hall–Kier alpha value is -2.36. The molecule has 1 unspecified atom stereocenters. The monoisotopic (exact) mass is 403 g/mol. The van der Waals surface area contributed by atoms with Crippen molar-refractivity contribution in [3.8, 4) is 0 Å². The van der Waals surface area contributed by atoms with E-state index in [0.29, 0.717) is 12.8 Å². The molecule has 1 amide bonds. The van der Waals surface area contributed by atoms with Crippen molar-refractivity contribution in [1.29, 1.82) is 0 Å². The number of carbonyl (C=O) groups is 4. The molecule has 28 heavy (non-hydrogen) atoms. The lowest BCUT2D eigenvalue weighted by Crippen LogP contribution is -2.56. The second-order valence-electron chi connectivity index (χ2n) is 7.51. The van der Waals surface area contributed by atoms with Crippen molar-refractivity contribution in [3.63, 3.8) is 0 Å². The first-order valence-electron chi connectivity index (χ1n) is 8.89. The molecule has 0 aromatic heterocycles. The lowest BCUT2D eigenvalue weighted by molar-refractivity contribution is -0.200. The fourth-order valence-electron chi connectivity index (χ4n) is 3.09. The number of carbonyl (C=O) groups excluding carboxylic acids is 4. The van der Waals surface area contributed by atoms with Crippen molar-refractivity contribution in [2.24, 2.45) is 0 Å². The maximum atomic E-state index is 12.1. The number of rotatable bonds is 5. The molecule has 1 N–H and O–H groups in total. The summed E-state index contributed by atoms with van der Waals surface area (Å²) in [7, 11) is 3.51.